The topological polar surface area (TPSA) is 38.7 Å². The van der Waals surface area contributed by atoms with Crippen molar-refractivity contribution in [3.05, 3.63) is 0 Å². The van der Waals surface area contributed by atoms with Crippen molar-refractivity contribution in [3.63, 3.8) is 0 Å². The molecular weight excluding hydrogens is 396 g/mol. The van der Waals surface area contributed by atoms with Crippen LogP contribution in [0.1, 0.15) is 105 Å². The number of hydrogen-bond acceptors (Lipinski definition) is 3. The zero-order valence-electron chi connectivity index (χ0n) is 21.6. The summed E-state index contributed by atoms with van der Waals surface area (Å²) in [4.78, 5) is 0. The molecule has 9 atom stereocenters. The number of ether oxygens (including phenoxy) is 2. The van der Waals surface area contributed by atoms with Crippen LogP contribution in [0, 0.1) is 52.3 Å². The Morgan fingerprint density at radius 3 is 2.28 bits per heavy atom. The van der Waals surface area contributed by atoms with E-state index in [-0.39, 0.29) is 11.5 Å². The first-order chi connectivity index (χ1) is 15.2. The van der Waals surface area contributed by atoms with Gasteiger partial charge in [0.2, 0.25) is 0 Å². The van der Waals surface area contributed by atoms with Gasteiger partial charge in [-0.15, -0.1) is 0 Å². The van der Waals surface area contributed by atoms with Gasteiger partial charge in [-0.1, -0.05) is 53.9 Å². The largest absolute Gasteiger partial charge is 0.393 e. The Bertz CT molecular complexity index is 669. The van der Waals surface area contributed by atoms with Crippen molar-refractivity contribution in [2.24, 2.45) is 52.3 Å². The smallest absolute Gasteiger partial charge is 0.172 e. The van der Waals surface area contributed by atoms with E-state index in [1.807, 2.05) is 0 Å². The number of aliphatic hydroxyl groups excluding tert-OH is 1. The number of rotatable bonds is 5. The number of aliphatic hydroxyl groups is 1. The van der Waals surface area contributed by atoms with Gasteiger partial charge in [0.1, 0.15) is 0 Å². The average molecular weight is 447 g/mol. The number of fused-ring (bicyclic) bond motifs is 6. The second-order valence-electron chi connectivity index (χ2n) is 13.6. The molecule has 1 spiro atoms. The van der Waals surface area contributed by atoms with Crippen LogP contribution in [0.3, 0.4) is 0 Å². The standard InChI is InChI=1S/C29H50O3/c1-19(2)7-6-8-20(3)23-9-10-24-22-18-29(31-15-16-32-29)26-17-21(30)11-13-28(26,5)25(22)12-14-27(23,24)4/h19-26,30H,6-18H2,1-5H3/t20-,21-,22+,23-,24+,25+,26-,27+,28+/m0/s1. The molecule has 184 valence electrons. The molecule has 0 unspecified atom stereocenters. The van der Waals surface area contributed by atoms with Crippen LogP contribution in [0.15, 0.2) is 0 Å². The lowest BCUT2D eigenvalue weighted by Gasteiger charge is -2.65. The summed E-state index contributed by atoms with van der Waals surface area (Å²) in [5.74, 6) is 4.86. The third kappa shape index (κ3) is 3.63. The third-order valence-electron chi connectivity index (χ3n) is 11.6. The normalized spacial score (nSPS) is 48.5. The van der Waals surface area contributed by atoms with E-state index in [0.717, 1.165) is 74.4 Å². The van der Waals surface area contributed by atoms with E-state index in [1.54, 1.807) is 0 Å². The second-order valence-corrected chi connectivity index (χ2v) is 13.6. The van der Waals surface area contributed by atoms with Crippen LogP contribution in [-0.2, 0) is 9.47 Å². The highest BCUT2D eigenvalue weighted by Gasteiger charge is 2.67. The zero-order valence-corrected chi connectivity index (χ0v) is 21.6. The third-order valence-corrected chi connectivity index (χ3v) is 11.6. The van der Waals surface area contributed by atoms with Crippen molar-refractivity contribution < 1.29 is 14.6 Å². The molecule has 0 aromatic carbocycles. The SMILES string of the molecule is CC(C)CCC[C@H](C)[C@@H]1CC[C@@H]2[C@H]3CC4(OCCO4)[C@H]4C[C@@H](O)CC[C@]4(C)[C@@H]3CC[C@@]21C. The summed E-state index contributed by atoms with van der Waals surface area (Å²) in [6.07, 6.45) is 13.7. The first-order valence-corrected chi connectivity index (χ1v) is 14.2. The average Bonchev–Trinajstić information content (AvgIpc) is 3.34. The summed E-state index contributed by atoms with van der Waals surface area (Å²) in [5.41, 5.74) is 0.754. The van der Waals surface area contributed by atoms with E-state index in [1.165, 1.54) is 44.9 Å². The Kier molecular flexibility index (Phi) is 6.29. The maximum absolute atomic E-state index is 10.6. The summed E-state index contributed by atoms with van der Waals surface area (Å²) < 4.78 is 13.0. The lowest BCUT2D eigenvalue weighted by atomic mass is 9.43. The van der Waals surface area contributed by atoms with Crippen molar-refractivity contribution in [2.75, 3.05) is 13.2 Å². The maximum Gasteiger partial charge on any atom is 0.172 e. The fraction of sp³-hybridized carbons (Fsp3) is 1.00. The molecule has 0 radical (unpaired) electrons. The summed E-state index contributed by atoms with van der Waals surface area (Å²) in [7, 11) is 0. The van der Waals surface area contributed by atoms with Crippen LogP contribution < -0.4 is 0 Å². The van der Waals surface area contributed by atoms with Crippen LogP contribution in [0.4, 0.5) is 0 Å². The van der Waals surface area contributed by atoms with Crippen molar-refractivity contribution in [1.82, 2.24) is 0 Å². The summed E-state index contributed by atoms with van der Waals surface area (Å²) in [6.45, 7) is 14.0. The number of hydrogen-bond donors (Lipinski definition) is 1. The molecule has 5 rings (SSSR count). The molecule has 0 aromatic heterocycles. The molecule has 32 heavy (non-hydrogen) atoms. The van der Waals surface area contributed by atoms with Crippen molar-refractivity contribution in [3.8, 4) is 0 Å². The lowest BCUT2D eigenvalue weighted by Crippen LogP contribution is -2.63. The first-order valence-electron chi connectivity index (χ1n) is 14.2. The van der Waals surface area contributed by atoms with Gasteiger partial charge in [-0.25, -0.2) is 0 Å². The Hall–Kier alpha value is -0.120. The second kappa shape index (κ2) is 8.52. The van der Waals surface area contributed by atoms with Gasteiger partial charge >= 0.3 is 0 Å². The van der Waals surface area contributed by atoms with Crippen LogP contribution >= 0.6 is 0 Å². The lowest BCUT2D eigenvalue weighted by molar-refractivity contribution is -0.298. The molecule has 0 bridgehead atoms. The molecule has 1 N–H and O–H groups in total. The van der Waals surface area contributed by atoms with Gasteiger partial charge in [-0.05, 0) is 91.3 Å². The van der Waals surface area contributed by atoms with Crippen molar-refractivity contribution >= 4 is 0 Å². The summed E-state index contributed by atoms with van der Waals surface area (Å²) in [6, 6.07) is 0. The Balaban J connectivity index is 1.39. The van der Waals surface area contributed by atoms with Crippen LogP contribution in [0.2, 0.25) is 0 Å². The molecule has 1 saturated heterocycles. The van der Waals surface area contributed by atoms with E-state index in [9.17, 15) is 5.11 Å². The van der Waals surface area contributed by atoms with Crippen LogP contribution in [0.25, 0.3) is 0 Å². The molecule has 3 nitrogen and oxygen atoms in total. The molecule has 4 aliphatic carbocycles. The minimum atomic E-state index is -0.420. The Morgan fingerprint density at radius 1 is 0.875 bits per heavy atom. The minimum absolute atomic E-state index is 0.175. The minimum Gasteiger partial charge on any atom is -0.393 e. The van der Waals surface area contributed by atoms with Gasteiger partial charge in [0.15, 0.2) is 5.79 Å². The fourth-order valence-corrected chi connectivity index (χ4v) is 10.1. The van der Waals surface area contributed by atoms with E-state index in [4.69, 9.17) is 9.47 Å². The molecular formula is C29H50O3. The quantitative estimate of drug-likeness (QED) is 0.503. The van der Waals surface area contributed by atoms with E-state index >= 15 is 0 Å². The highest BCUT2D eigenvalue weighted by Crippen LogP contribution is 2.70. The van der Waals surface area contributed by atoms with Gasteiger partial charge in [0.25, 0.3) is 0 Å². The Morgan fingerprint density at radius 2 is 1.56 bits per heavy atom. The molecule has 1 aliphatic heterocycles. The highest BCUT2D eigenvalue weighted by molar-refractivity contribution is 5.14. The van der Waals surface area contributed by atoms with E-state index in [2.05, 4.69) is 34.6 Å². The molecule has 0 amide bonds. The molecule has 5 aliphatic rings. The Labute approximate surface area is 197 Å². The zero-order chi connectivity index (χ0) is 22.7. The van der Waals surface area contributed by atoms with Crippen molar-refractivity contribution in [1.29, 1.82) is 0 Å². The highest BCUT2D eigenvalue weighted by atomic mass is 16.7. The van der Waals surface area contributed by atoms with Gasteiger partial charge in [-0.2, -0.15) is 0 Å². The van der Waals surface area contributed by atoms with Crippen LogP contribution in [-0.4, -0.2) is 30.2 Å². The summed E-state index contributed by atoms with van der Waals surface area (Å²) >= 11 is 0. The molecule has 0 aromatic rings. The van der Waals surface area contributed by atoms with E-state index < -0.39 is 5.79 Å². The molecule has 1 heterocycles. The summed E-state index contributed by atoms with van der Waals surface area (Å²) in [5, 5.41) is 10.6. The predicted octanol–water partition coefficient (Wildman–Crippen LogP) is 6.82. The molecule has 4 saturated carbocycles. The van der Waals surface area contributed by atoms with Crippen LogP contribution in [0.5, 0.6) is 0 Å². The van der Waals surface area contributed by atoms with Gasteiger partial charge in [0, 0.05) is 12.3 Å². The van der Waals surface area contributed by atoms with Crippen molar-refractivity contribution in [2.45, 2.75) is 117 Å². The predicted molar refractivity (Wildman–Crippen MR) is 129 cm³/mol. The van der Waals surface area contributed by atoms with Gasteiger partial charge in [0.05, 0.1) is 19.3 Å². The maximum atomic E-state index is 10.6. The molecule has 5 fully saturated rings. The first kappa shape index (κ1) is 23.6. The van der Waals surface area contributed by atoms with Gasteiger partial charge in [-0.3, -0.25) is 0 Å². The molecule has 3 heteroatoms. The van der Waals surface area contributed by atoms with Gasteiger partial charge < -0.3 is 14.6 Å². The fourth-order valence-electron chi connectivity index (χ4n) is 10.1. The van der Waals surface area contributed by atoms with E-state index in [0.29, 0.717) is 11.3 Å². The monoisotopic (exact) mass is 446 g/mol.